The lowest BCUT2D eigenvalue weighted by Crippen LogP contribution is -2.41. The summed E-state index contributed by atoms with van der Waals surface area (Å²) in [4.78, 5) is 15.0. The Kier molecular flexibility index (Phi) is 5.02. The van der Waals surface area contributed by atoms with Crippen LogP contribution >= 0.6 is 0 Å². The number of hydrogen-bond donors (Lipinski definition) is 2. The first-order chi connectivity index (χ1) is 14.4. The number of benzene rings is 2. The molecule has 0 saturated carbocycles. The zero-order valence-electron chi connectivity index (χ0n) is 17.0. The molecule has 1 aliphatic rings. The van der Waals surface area contributed by atoms with Crippen molar-refractivity contribution in [2.75, 3.05) is 12.3 Å². The zero-order chi connectivity index (χ0) is 21.4. The Morgan fingerprint density at radius 2 is 2.00 bits per heavy atom. The van der Waals surface area contributed by atoms with E-state index in [1.807, 2.05) is 38.1 Å². The Bertz CT molecular complexity index is 1160. The number of hydrogen-bond acceptors (Lipinski definition) is 5. The van der Waals surface area contributed by atoms with Crippen LogP contribution in [0.1, 0.15) is 45.7 Å². The number of carbonyl (C=O) groups is 1. The second-order valence-corrected chi connectivity index (χ2v) is 7.75. The standard InChI is InChI=1S/C23H23N5O2/c1-14-7-18(13-29)22(19(25)8-14)20-9-21-23(30)27(11-15(2)28(21)26-20)12-17-5-3-16(10-24)4-6-17/h3-9,15,29H,11-13,25H2,1-2H3. The number of anilines is 1. The van der Waals surface area contributed by atoms with E-state index < -0.39 is 0 Å². The van der Waals surface area contributed by atoms with Gasteiger partial charge < -0.3 is 15.7 Å². The number of fused-ring (bicyclic) bond motifs is 1. The summed E-state index contributed by atoms with van der Waals surface area (Å²) in [6, 6.07) is 14.8. The summed E-state index contributed by atoms with van der Waals surface area (Å²) in [6.07, 6.45) is 0. The minimum atomic E-state index is -0.155. The number of nitriles is 1. The molecule has 1 unspecified atom stereocenters. The first kappa shape index (κ1) is 19.7. The number of nitrogens with zero attached hydrogens (tertiary/aromatic N) is 4. The van der Waals surface area contributed by atoms with E-state index in [1.165, 1.54) is 0 Å². The van der Waals surface area contributed by atoms with Gasteiger partial charge in [-0.3, -0.25) is 9.48 Å². The van der Waals surface area contributed by atoms with E-state index in [9.17, 15) is 9.90 Å². The van der Waals surface area contributed by atoms with Crippen molar-refractivity contribution in [2.45, 2.75) is 33.0 Å². The predicted molar refractivity (Wildman–Crippen MR) is 113 cm³/mol. The summed E-state index contributed by atoms with van der Waals surface area (Å²) >= 11 is 0. The van der Waals surface area contributed by atoms with Gasteiger partial charge >= 0.3 is 0 Å². The number of carbonyl (C=O) groups excluding carboxylic acids is 1. The van der Waals surface area contributed by atoms with Crippen LogP contribution < -0.4 is 5.73 Å². The maximum atomic E-state index is 13.2. The quantitative estimate of drug-likeness (QED) is 0.653. The average molecular weight is 401 g/mol. The molecule has 0 bridgehead atoms. The van der Waals surface area contributed by atoms with E-state index >= 15 is 0 Å². The Morgan fingerprint density at radius 1 is 1.27 bits per heavy atom. The summed E-state index contributed by atoms with van der Waals surface area (Å²) in [6.45, 7) is 4.78. The van der Waals surface area contributed by atoms with Gasteiger partial charge in [0.15, 0.2) is 0 Å². The van der Waals surface area contributed by atoms with E-state index in [0.717, 1.165) is 11.1 Å². The fourth-order valence-corrected chi connectivity index (χ4v) is 4.02. The Balaban J connectivity index is 1.68. The lowest BCUT2D eigenvalue weighted by Gasteiger charge is -2.31. The van der Waals surface area contributed by atoms with Crippen LogP contribution in [-0.2, 0) is 13.2 Å². The van der Waals surface area contributed by atoms with Gasteiger partial charge in [-0.2, -0.15) is 10.4 Å². The van der Waals surface area contributed by atoms with E-state index in [1.54, 1.807) is 27.8 Å². The van der Waals surface area contributed by atoms with Gasteiger partial charge in [-0.1, -0.05) is 18.2 Å². The van der Waals surface area contributed by atoms with Crippen molar-refractivity contribution in [2.24, 2.45) is 0 Å². The van der Waals surface area contributed by atoms with Crippen LogP contribution in [-0.4, -0.2) is 32.2 Å². The molecule has 0 radical (unpaired) electrons. The van der Waals surface area contributed by atoms with Gasteiger partial charge in [0.1, 0.15) is 5.69 Å². The Hall–Kier alpha value is -3.63. The maximum Gasteiger partial charge on any atom is 0.272 e. The molecular formula is C23H23N5O2. The highest BCUT2D eigenvalue weighted by Crippen LogP contribution is 2.33. The SMILES string of the molecule is Cc1cc(N)c(-c2cc3n(n2)C(C)CN(Cc2ccc(C#N)cc2)C3=O)c(CO)c1. The van der Waals surface area contributed by atoms with Crippen LogP contribution in [0.25, 0.3) is 11.3 Å². The third kappa shape index (κ3) is 3.42. The van der Waals surface area contributed by atoms with Crippen LogP contribution in [0.15, 0.2) is 42.5 Å². The summed E-state index contributed by atoms with van der Waals surface area (Å²) in [5.41, 5.74) is 11.7. The van der Waals surface area contributed by atoms with Crippen molar-refractivity contribution >= 4 is 11.6 Å². The van der Waals surface area contributed by atoms with Gasteiger partial charge in [0.05, 0.1) is 30.0 Å². The smallest absolute Gasteiger partial charge is 0.272 e. The van der Waals surface area contributed by atoms with Crippen molar-refractivity contribution in [3.05, 3.63) is 70.4 Å². The van der Waals surface area contributed by atoms with Gasteiger partial charge in [0.2, 0.25) is 0 Å². The molecule has 2 aromatic carbocycles. The Labute approximate surface area is 175 Å². The van der Waals surface area contributed by atoms with Gasteiger partial charge in [-0.05, 0) is 54.8 Å². The monoisotopic (exact) mass is 401 g/mol. The van der Waals surface area contributed by atoms with Crippen LogP contribution in [0.3, 0.4) is 0 Å². The van der Waals surface area contributed by atoms with Crippen molar-refractivity contribution in [3.8, 4) is 17.3 Å². The largest absolute Gasteiger partial charge is 0.398 e. The number of aryl methyl sites for hydroxylation is 1. The fourth-order valence-electron chi connectivity index (χ4n) is 4.02. The van der Waals surface area contributed by atoms with E-state index in [4.69, 9.17) is 11.0 Å². The first-order valence-electron chi connectivity index (χ1n) is 9.79. The number of nitrogens with two attached hydrogens (primary N) is 1. The lowest BCUT2D eigenvalue weighted by atomic mass is 10.00. The second kappa shape index (κ2) is 7.65. The van der Waals surface area contributed by atoms with E-state index in [-0.39, 0.29) is 18.6 Å². The van der Waals surface area contributed by atoms with Crippen LogP contribution in [0.4, 0.5) is 5.69 Å². The van der Waals surface area contributed by atoms with Crippen molar-refractivity contribution in [1.29, 1.82) is 5.26 Å². The highest BCUT2D eigenvalue weighted by Gasteiger charge is 2.31. The molecule has 2 heterocycles. The second-order valence-electron chi connectivity index (χ2n) is 7.75. The molecule has 3 aromatic rings. The van der Waals surface area contributed by atoms with Crippen LogP contribution in [0.2, 0.25) is 0 Å². The lowest BCUT2D eigenvalue weighted by molar-refractivity contribution is 0.0651. The van der Waals surface area contributed by atoms with Crippen molar-refractivity contribution in [3.63, 3.8) is 0 Å². The topological polar surface area (TPSA) is 108 Å². The molecule has 1 atom stereocenters. The predicted octanol–water partition coefficient (Wildman–Crippen LogP) is 3.02. The summed E-state index contributed by atoms with van der Waals surface area (Å²) in [7, 11) is 0. The van der Waals surface area contributed by atoms with Crippen molar-refractivity contribution in [1.82, 2.24) is 14.7 Å². The third-order valence-electron chi connectivity index (χ3n) is 5.42. The summed E-state index contributed by atoms with van der Waals surface area (Å²) in [5, 5.41) is 23.4. The number of aromatic nitrogens is 2. The minimum Gasteiger partial charge on any atom is -0.398 e. The number of rotatable bonds is 4. The number of aliphatic hydroxyl groups excluding tert-OH is 1. The molecule has 0 spiro atoms. The maximum absolute atomic E-state index is 13.2. The molecule has 7 heteroatoms. The van der Waals surface area contributed by atoms with Gasteiger partial charge in [-0.25, -0.2) is 0 Å². The molecule has 30 heavy (non-hydrogen) atoms. The fraction of sp³-hybridized carbons (Fsp3) is 0.261. The number of amides is 1. The van der Waals surface area contributed by atoms with Crippen molar-refractivity contribution < 1.29 is 9.90 Å². The summed E-state index contributed by atoms with van der Waals surface area (Å²) in [5.74, 6) is -0.104. The first-order valence-corrected chi connectivity index (χ1v) is 9.79. The highest BCUT2D eigenvalue weighted by atomic mass is 16.3. The summed E-state index contributed by atoms with van der Waals surface area (Å²) < 4.78 is 1.74. The third-order valence-corrected chi connectivity index (χ3v) is 5.42. The molecule has 0 saturated heterocycles. The average Bonchev–Trinajstić information content (AvgIpc) is 3.17. The number of nitrogen functional groups attached to an aromatic ring is 1. The van der Waals surface area contributed by atoms with E-state index in [0.29, 0.717) is 46.9 Å². The molecule has 3 N–H and O–H groups in total. The van der Waals surface area contributed by atoms with Crippen LogP contribution in [0.5, 0.6) is 0 Å². The van der Waals surface area contributed by atoms with Gasteiger partial charge in [-0.15, -0.1) is 0 Å². The molecule has 0 fully saturated rings. The highest BCUT2D eigenvalue weighted by molar-refractivity contribution is 5.95. The molecule has 1 aromatic heterocycles. The molecule has 152 valence electrons. The molecular weight excluding hydrogens is 378 g/mol. The van der Waals surface area contributed by atoms with Crippen LogP contribution in [0, 0.1) is 18.3 Å². The molecule has 1 amide bonds. The van der Waals surface area contributed by atoms with Gasteiger partial charge in [0, 0.05) is 24.3 Å². The van der Waals surface area contributed by atoms with E-state index in [2.05, 4.69) is 11.2 Å². The molecule has 1 aliphatic heterocycles. The number of aliphatic hydroxyl groups is 1. The molecule has 7 nitrogen and oxygen atoms in total. The van der Waals surface area contributed by atoms with Gasteiger partial charge in [0.25, 0.3) is 5.91 Å². The minimum absolute atomic E-state index is 0.00548. The Morgan fingerprint density at radius 3 is 2.67 bits per heavy atom. The normalized spacial score (nSPS) is 15.7. The zero-order valence-corrected chi connectivity index (χ0v) is 17.0. The molecule has 0 aliphatic carbocycles. The molecule has 4 rings (SSSR count).